The molecule has 3 rings (SSSR count). The largest absolute Gasteiger partial charge is 0.496 e. The van der Waals surface area contributed by atoms with Crippen LogP contribution in [0, 0.1) is 39.4 Å². The third-order valence-electron chi connectivity index (χ3n) is 8.33. The van der Waals surface area contributed by atoms with Crippen molar-refractivity contribution in [2.75, 3.05) is 25.1 Å². The number of benzene rings is 1. The number of hydrogen-bond donors (Lipinski definition) is 0. The van der Waals surface area contributed by atoms with Crippen molar-refractivity contribution in [3.8, 4) is 24.0 Å². The Morgan fingerprint density at radius 1 is 1.00 bits per heavy atom. The summed E-state index contributed by atoms with van der Waals surface area (Å²) >= 11 is 0. The highest BCUT2D eigenvalue weighted by Crippen LogP contribution is 2.42. The van der Waals surface area contributed by atoms with Crippen LogP contribution in [0.5, 0.6) is 5.75 Å². The van der Waals surface area contributed by atoms with Crippen LogP contribution in [0.25, 0.3) is 0 Å². The minimum Gasteiger partial charge on any atom is -0.496 e. The molecule has 0 amide bonds. The van der Waals surface area contributed by atoms with E-state index in [0.717, 1.165) is 44.5 Å². The lowest BCUT2D eigenvalue weighted by Crippen LogP contribution is -2.25. The monoisotopic (exact) mass is 592 g/mol. The van der Waals surface area contributed by atoms with Crippen molar-refractivity contribution < 1.29 is 9.47 Å². The molecule has 0 fully saturated rings. The summed E-state index contributed by atoms with van der Waals surface area (Å²) in [4.78, 5) is 2.49. The van der Waals surface area contributed by atoms with Crippen molar-refractivity contribution in [1.82, 2.24) is 0 Å². The Kier molecular flexibility index (Phi) is 12.1. The first-order valence-corrected chi connectivity index (χ1v) is 15.9. The number of nitrogens with zero attached hydrogens (tertiary/aromatic N) is 4. The van der Waals surface area contributed by atoms with E-state index in [1.54, 1.807) is 7.11 Å². The molecule has 0 atom stereocenters. The summed E-state index contributed by atoms with van der Waals surface area (Å²) in [5.74, 6) is 1.02. The summed E-state index contributed by atoms with van der Waals surface area (Å²) in [6.07, 6.45) is 16.9. The van der Waals surface area contributed by atoms with Gasteiger partial charge in [-0.05, 0) is 75.0 Å². The highest BCUT2D eigenvalue weighted by atomic mass is 16.5. The van der Waals surface area contributed by atoms with E-state index in [2.05, 4.69) is 69.0 Å². The number of allylic oxidation sites excluding steroid dienone is 7. The predicted molar refractivity (Wildman–Crippen MR) is 178 cm³/mol. The van der Waals surface area contributed by atoms with Gasteiger partial charge in [0.15, 0.2) is 11.3 Å². The summed E-state index contributed by atoms with van der Waals surface area (Å²) < 4.78 is 11.8. The van der Waals surface area contributed by atoms with Crippen molar-refractivity contribution in [2.24, 2.45) is 5.41 Å². The molecule has 0 N–H and O–H groups in total. The first kappa shape index (κ1) is 34.3. The molecule has 0 saturated heterocycles. The zero-order valence-electron chi connectivity index (χ0n) is 27.7. The molecule has 0 spiro atoms. The van der Waals surface area contributed by atoms with Crippen LogP contribution in [0.15, 0.2) is 76.1 Å². The van der Waals surface area contributed by atoms with Crippen molar-refractivity contribution in [3.63, 3.8) is 0 Å². The normalized spacial score (nSPS) is 18.0. The van der Waals surface area contributed by atoms with E-state index in [1.165, 1.54) is 48.1 Å². The molecule has 0 unspecified atom stereocenters. The molecule has 6 heteroatoms. The highest BCUT2D eigenvalue weighted by Gasteiger charge is 2.38. The Morgan fingerprint density at radius 2 is 1.68 bits per heavy atom. The number of rotatable bonds is 13. The van der Waals surface area contributed by atoms with Gasteiger partial charge in [-0.2, -0.15) is 15.8 Å². The van der Waals surface area contributed by atoms with Gasteiger partial charge in [-0.1, -0.05) is 76.5 Å². The van der Waals surface area contributed by atoms with Gasteiger partial charge in [0.2, 0.25) is 0 Å². The molecule has 1 aliphatic carbocycles. The summed E-state index contributed by atoms with van der Waals surface area (Å²) in [7, 11) is 1.77. The minimum atomic E-state index is -0.821. The number of hydrogen-bond acceptors (Lipinski definition) is 6. The van der Waals surface area contributed by atoms with E-state index in [9.17, 15) is 15.8 Å². The topological polar surface area (TPSA) is 93.1 Å². The van der Waals surface area contributed by atoms with Crippen LogP contribution in [0.2, 0.25) is 0 Å². The molecule has 0 radical (unpaired) electrons. The summed E-state index contributed by atoms with van der Waals surface area (Å²) in [5, 5.41) is 28.5. The first-order chi connectivity index (χ1) is 21.0. The second-order valence-corrected chi connectivity index (χ2v) is 13.1. The molecular weight excluding hydrogens is 544 g/mol. The summed E-state index contributed by atoms with van der Waals surface area (Å²) in [5.41, 5.74) is 5.15. The molecular formula is C38H48N4O2. The fourth-order valence-electron chi connectivity index (χ4n) is 6.11. The maximum atomic E-state index is 9.82. The van der Waals surface area contributed by atoms with Crippen molar-refractivity contribution >= 4 is 5.69 Å². The quantitative estimate of drug-likeness (QED) is 0.212. The van der Waals surface area contributed by atoms with Gasteiger partial charge in [0.1, 0.15) is 35.1 Å². The number of methoxy groups -OCH3 is 1. The molecule has 2 aliphatic rings. The number of aryl methyl sites for hydroxylation is 1. The third-order valence-corrected chi connectivity index (χ3v) is 8.33. The third kappa shape index (κ3) is 8.67. The second-order valence-electron chi connectivity index (χ2n) is 13.1. The number of unbranched alkanes of at least 4 members (excludes halogenated alkanes) is 2. The van der Waals surface area contributed by atoms with Crippen LogP contribution in [-0.4, -0.2) is 25.8 Å². The van der Waals surface area contributed by atoms with Crippen molar-refractivity contribution in [3.05, 3.63) is 81.7 Å². The average molecular weight is 593 g/mol. The van der Waals surface area contributed by atoms with Crippen molar-refractivity contribution in [1.29, 1.82) is 15.8 Å². The molecule has 1 heterocycles. The molecule has 1 aromatic carbocycles. The van der Waals surface area contributed by atoms with Gasteiger partial charge >= 0.3 is 0 Å². The predicted octanol–water partition coefficient (Wildman–Crippen LogP) is 9.19. The summed E-state index contributed by atoms with van der Waals surface area (Å²) in [6, 6.07) is 12.5. The van der Waals surface area contributed by atoms with E-state index in [0.29, 0.717) is 5.57 Å². The first-order valence-electron chi connectivity index (χ1n) is 15.9. The minimum absolute atomic E-state index is 0.0638. The Balaban J connectivity index is 1.83. The number of nitriles is 3. The summed E-state index contributed by atoms with van der Waals surface area (Å²) in [6.45, 7) is 14.9. The van der Waals surface area contributed by atoms with Gasteiger partial charge < -0.3 is 14.4 Å². The Hall–Kier alpha value is -4.21. The van der Waals surface area contributed by atoms with Crippen LogP contribution in [-0.2, 0) is 11.2 Å². The van der Waals surface area contributed by atoms with Crippen LogP contribution >= 0.6 is 0 Å². The second kappa shape index (κ2) is 15.5. The molecule has 44 heavy (non-hydrogen) atoms. The fraction of sp³-hybridized carbons (Fsp3) is 0.500. The standard InChI is InChI=1S/C38H48N4O2/c1-8-10-19-42(20-11-9-2)32-18-17-30(35(22-32)43-7)16-15-29-21-28(23-37(3,4)24-29)13-12-14-34-33(27-41)36(31(25-39)26-40)44-38(34,5)6/h12-14,17-18,21-22H,8-11,15-16,19-20,23-24H2,1-7H3/b14-12+,28-13-. The smallest absolute Gasteiger partial charge is 0.172 e. The van der Waals surface area contributed by atoms with E-state index >= 15 is 0 Å². The van der Waals surface area contributed by atoms with Crippen LogP contribution in [0.4, 0.5) is 5.69 Å². The lowest BCUT2D eigenvalue weighted by atomic mass is 9.74. The average Bonchev–Trinajstić information content (AvgIpc) is 3.25. The highest BCUT2D eigenvalue weighted by molar-refractivity contribution is 5.60. The molecule has 0 aromatic heterocycles. The van der Waals surface area contributed by atoms with Gasteiger partial charge in [0, 0.05) is 30.4 Å². The number of ether oxygens (including phenoxy) is 2. The van der Waals surface area contributed by atoms with Gasteiger partial charge in [-0.25, -0.2) is 0 Å². The molecule has 0 bridgehead atoms. The lowest BCUT2D eigenvalue weighted by Gasteiger charge is -2.31. The molecule has 6 nitrogen and oxygen atoms in total. The van der Waals surface area contributed by atoms with E-state index in [-0.39, 0.29) is 22.3 Å². The SMILES string of the molecule is CCCCN(CCCC)c1ccc(CCC2=C/C(=C/C=C/C3=C(C#N)C(=C(C#N)C#N)OC3(C)C)CC(C)(C)C2)c(OC)c1. The van der Waals surface area contributed by atoms with Gasteiger partial charge in [0.05, 0.1) is 7.11 Å². The Bertz CT molecular complexity index is 1460. The van der Waals surface area contributed by atoms with Gasteiger partial charge in [-0.3, -0.25) is 0 Å². The molecule has 0 saturated carbocycles. The molecule has 1 aliphatic heterocycles. The zero-order valence-corrected chi connectivity index (χ0v) is 27.7. The maximum Gasteiger partial charge on any atom is 0.172 e. The van der Waals surface area contributed by atoms with Crippen LogP contribution in [0.3, 0.4) is 0 Å². The number of anilines is 1. The zero-order chi connectivity index (χ0) is 32.3. The van der Waals surface area contributed by atoms with Crippen LogP contribution < -0.4 is 9.64 Å². The Morgan fingerprint density at radius 3 is 2.27 bits per heavy atom. The molecule has 232 valence electrons. The maximum absolute atomic E-state index is 9.82. The van der Waals surface area contributed by atoms with Gasteiger partial charge in [-0.15, -0.1) is 0 Å². The van der Waals surface area contributed by atoms with E-state index in [1.807, 2.05) is 38.1 Å². The van der Waals surface area contributed by atoms with Crippen LogP contribution in [0.1, 0.15) is 92.1 Å². The Labute approximate surface area is 265 Å². The lowest BCUT2D eigenvalue weighted by molar-refractivity contribution is 0.0954. The fourth-order valence-corrected chi connectivity index (χ4v) is 6.11. The van der Waals surface area contributed by atoms with E-state index < -0.39 is 5.60 Å². The van der Waals surface area contributed by atoms with Gasteiger partial charge in [0.25, 0.3) is 0 Å². The molecule has 1 aromatic rings. The van der Waals surface area contributed by atoms with E-state index in [4.69, 9.17) is 9.47 Å². The van der Waals surface area contributed by atoms with Crippen molar-refractivity contribution in [2.45, 2.75) is 98.5 Å².